The third-order valence-electron chi connectivity index (χ3n) is 2.24. The van der Waals surface area contributed by atoms with Gasteiger partial charge in [-0.15, -0.1) is 0 Å². The van der Waals surface area contributed by atoms with Crippen LogP contribution in [0.5, 0.6) is 0 Å². The van der Waals surface area contributed by atoms with Gasteiger partial charge < -0.3 is 25.2 Å². The first-order chi connectivity index (χ1) is 10.1. The third-order valence-corrected chi connectivity index (χ3v) is 2.24. The van der Waals surface area contributed by atoms with Crippen molar-refractivity contribution in [2.75, 3.05) is 13.2 Å². The highest BCUT2D eigenvalue weighted by Crippen LogP contribution is 1.93. The van der Waals surface area contributed by atoms with Crippen molar-refractivity contribution in [1.29, 1.82) is 0 Å². The van der Waals surface area contributed by atoms with Crippen LogP contribution < -0.4 is 0 Å². The second kappa shape index (κ2) is 17.3. The first kappa shape index (κ1) is 25.2. The van der Waals surface area contributed by atoms with Crippen LogP contribution in [0.2, 0.25) is 0 Å². The maximum Gasteiger partial charge on any atom is 0.313 e. The van der Waals surface area contributed by atoms with Crippen molar-refractivity contribution in [1.82, 2.24) is 0 Å². The summed E-state index contributed by atoms with van der Waals surface area (Å²) in [5.41, 5.74) is 0. The van der Waals surface area contributed by atoms with E-state index in [9.17, 15) is 19.2 Å². The van der Waals surface area contributed by atoms with Crippen LogP contribution in [0.3, 0.4) is 0 Å². The van der Waals surface area contributed by atoms with Gasteiger partial charge in [-0.25, -0.2) is 0 Å². The lowest BCUT2D eigenvalue weighted by molar-refractivity contribution is -0.145. The van der Waals surface area contributed by atoms with E-state index < -0.39 is 17.9 Å². The highest BCUT2D eigenvalue weighted by atomic mass is 16.4. The number of aliphatic carboxylic acids is 2. The number of carbonyl (C=O) groups excluding carboxylic acids is 2. The van der Waals surface area contributed by atoms with Crippen molar-refractivity contribution in [3.63, 3.8) is 0 Å². The summed E-state index contributed by atoms with van der Waals surface area (Å²) in [6.07, 6.45) is 1.54. The Morgan fingerprint density at radius 3 is 1.36 bits per heavy atom. The molecule has 0 heterocycles. The van der Waals surface area contributed by atoms with Gasteiger partial charge in [-0.05, 0) is 33.6 Å². The molecule has 0 saturated heterocycles. The quantitative estimate of drug-likeness (QED) is 0.372. The average molecular weight is 322 g/mol. The van der Waals surface area contributed by atoms with Crippen molar-refractivity contribution in [2.45, 2.75) is 46.5 Å². The molecule has 0 bridgehead atoms. The summed E-state index contributed by atoms with van der Waals surface area (Å²) >= 11 is 0. The van der Waals surface area contributed by atoms with Crippen molar-refractivity contribution < 1.29 is 39.6 Å². The minimum absolute atomic E-state index is 0.0463. The Balaban J connectivity index is -0.000000249. The highest BCUT2D eigenvalue weighted by Gasteiger charge is 2.14. The monoisotopic (exact) mass is 322 g/mol. The molecule has 4 N–H and O–H groups in total. The van der Waals surface area contributed by atoms with Gasteiger partial charge in [0, 0.05) is 19.6 Å². The minimum Gasteiger partial charge on any atom is -0.481 e. The summed E-state index contributed by atoms with van der Waals surface area (Å²) < 4.78 is 0. The number of ketones is 2. The van der Waals surface area contributed by atoms with Gasteiger partial charge >= 0.3 is 11.9 Å². The molecule has 0 aliphatic carbocycles. The first-order valence-corrected chi connectivity index (χ1v) is 6.76. The Morgan fingerprint density at radius 2 is 1.27 bits per heavy atom. The van der Waals surface area contributed by atoms with Gasteiger partial charge in [0.15, 0.2) is 0 Å². The van der Waals surface area contributed by atoms with E-state index >= 15 is 0 Å². The zero-order chi connectivity index (χ0) is 18.1. The van der Waals surface area contributed by atoms with Gasteiger partial charge in [0.05, 0.1) is 6.42 Å². The van der Waals surface area contributed by atoms with Crippen LogP contribution in [-0.4, -0.2) is 57.1 Å². The molecule has 22 heavy (non-hydrogen) atoms. The van der Waals surface area contributed by atoms with Crippen molar-refractivity contribution in [3.05, 3.63) is 0 Å². The molecule has 8 nitrogen and oxygen atoms in total. The van der Waals surface area contributed by atoms with Gasteiger partial charge in [0.25, 0.3) is 0 Å². The molecular weight excluding hydrogens is 296 g/mol. The van der Waals surface area contributed by atoms with Crippen molar-refractivity contribution >= 4 is 23.5 Å². The number of aliphatic hydroxyl groups is 2. The fourth-order valence-corrected chi connectivity index (χ4v) is 0.680. The molecule has 0 fully saturated rings. The van der Waals surface area contributed by atoms with E-state index in [1.54, 1.807) is 0 Å². The predicted molar refractivity (Wildman–Crippen MR) is 78.4 cm³/mol. The number of carboxylic acids is 2. The van der Waals surface area contributed by atoms with Crippen LogP contribution in [-0.2, 0) is 19.2 Å². The molecule has 0 aromatic heterocycles. The lowest BCUT2D eigenvalue weighted by Gasteiger charge is -1.96. The fourth-order valence-electron chi connectivity index (χ4n) is 0.680. The van der Waals surface area contributed by atoms with E-state index in [0.717, 1.165) is 12.8 Å². The third kappa shape index (κ3) is 26.7. The molecule has 0 aromatic rings. The topological polar surface area (TPSA) is 149 Å². The SMILES string of the molecule is CC(=O)C(C)C(=O)O.CC(=O)CCC(=O)O.OCCCCO. The molecule has 0 rings (SSSR count). The van der Waals surface area contributed by atoms with Gasteiger partial charge in [0.2, 0.25) is 0 Å². The number of hydrogen-bond acceptors (Lipinski definition) is 6. The van der Waals surface area contributed by atoms with Crippen LogP contribution in [0.4, 0.5) is 0 Å². The molecule has 1 unspecified atom stereocenters. The lowest BCUT2D eigenvalue weighted by atomic mass is 10.1. The Hall–Kier alpha value is -1.80. The number of carbonyl (C=O) groups is 4. The molecule has 130 valence electrons. The number of unbranched alkanes of at least 4 members (excludes halogenated alkanes) is 1. The standard InChI is InChI=1S/2C5H8O3.C4H10O2/c1-4(6)2-3-5(7)8;1-3(4(2)6)5(7)8;5-3-1-2-4-6/h2-3H2,1H3,(H,7,8);3H,1-2H3,(H,7,8);5-6H,1-4H2. The largest absolute Gasteiger partial charge is 0.481 e. The maximum atomic E-state index is 10.2. The molecule has 1 atom stereocenters. The van der Waals surface area contributed by atoms with Crippen molar-refractivity contribution in [3.8, 4) is 0 Å². The fraction of sp³-hybridized carbons (Fsp3) is 0.714. The van der Waals surface area contributed by atoms with Gasteiger partial charge in [0.1, 0.15) is 17.5 Å². The molecule has 8 heteroatoms. The number of aliphatic hydroxyl groups excluding tert-OH is 2. The van der Waals surface area contributed by atoms with E-state index in [-0.39, 0.29) is 37.6 Å². The smallest absolute Gasteiger partial charge is 0.313 e. The summed E-state index contributed by atoms with van der Waals surface area (Å²) in [6, 6.07) is 0. The predicted octanol–water partition coefficient (Wildman–Crippen LogP) is 0.488. The number of carboxylic acid groups (broad SMARTS) is 2. The maximum absolute atomic E-state index is 10.2. The van der Waals surface area contributed by atoms with E-state index in [1.165, 1.54) is 20.8 Å². The first-order valence-electron chi connectivity index (χ1n) is 6.76. The van der Waals surface area contributed by atoms with E-state index in [2.05, 4.69) is 0 Å². The summed E-state index contributed by atoms with van der Waals surface area (Å²) in [7, 11) is 0. The van der Waals surface area contributed by atoms with Crippen LogP contribution in [0.25, 0.3) is 0 Å². The normalized spacial score (nSPS) is 10.2. The molecule has 0 amide bonds. The lowest BCUT2D eigenvalue weighted by Crippen LogP contribution is -2.16. The second-order valence-corrected chi connectivity index (χ2v) is 4.42. The molecule has 0 saturated carbocycles. The zero-order valence-electron chi connectivity index (χ0n) is 13.2. The summed E-state index contributed by atoms with van der Waals surface area (Å²) in [4.78, 5) is 40.0. The molecule has 0 radical (unpaired) electrons. The number of Topliss-reactive ketones (excluding diaryl/α,β-unsaturated/α-hetero) is 2. The summed E-state index contributed by atoms with van der Waals surface area (Å²) in [6.45, 7) is 4.40. The minimum atomic E-state index is -1.06. The zero-order valence-corrected chi connectivity index (χ0v) is 13.2. The van der Waals surface area contributed by atoms with Crippen molar-refractivity contribution in [2.24, 2.45) is 5.92 Å². The Labute approximate surface area is 129 Å². The Morgan fingerprint density at radius 1 is 0.864 bits per heavy atom. The van der Waals surface area contributed by atoms with E-state index in [4.69, 9.17) is 20.4 Å². The van der Waals surface area contributed by atoms with E-state index in [1.807, 2.05) is 0 Å². The summed E-state index contributed by atoms with van der Waals surface area (Å²) in [5.74, 6) is -3.21. The van der Waals surface area contributed by atoms with Gasteiger partial charge in [-0.1, -0.05) is 0 Å². The second-order valence-electron chi connectivity index (χ2n) is 4.42. The van der Waals surface area contributed by atoms with E-state index in [0.29, 0.717) is 0 Å². The average Bonchev–Trinajstić information content (AvgIpc) is 2.43. The Kier molecular flexibility index (Phi) is 19.7. The molecule has 0 aliphatic heterocycles. The Bertz CT molecular complexity index is 306. The molecular formula is C14H26O8. The van der Waals surface area contributed by atoms with Gasteiger partial charge in [-0.3, -0.25) is 14.4 Å². The van der Waals surface area contributed by atoms with Crippen LogP contribution in [0, 0.1) is 5.92 Å². The molecule has 0 spiro atoms. The van der Waals surface area contributed by atoms with Gasteiger partial charge in [-0.2, -0.15) is 0 Å². The molecule has 0 aliphatic rings. The number of hydrogen-bond donors (Lipinski definition) is 4. The van der Waals surface area contributed by atoms with Crippen LogP contribution in [0.1, 0.15) is 46.5 Å². The van der Waals surface area contributed by atoms with Crippen LogP contribution >= 0.6 is 0 Å². The molecule has 0 aromatic carbocycles. The number of rotatable bonds is 8. The van der Waals surface area contributed by atoms with Crippen LogP contribution in [0.15, 0.2) is 0 Å². The summed E-state index contributed by atoms with van der Waals surface area (Å²) in [5, 5.41) is 32.3. The highest BCUT2D eigenvalue weighted by molar-refractivity contribution is 5.96.